The van der Waals surface area contributed by atoms with Crippen LogP contribution in [-0.4, -0.2) is 9.78 Å². The molecular formula is C19H21N3S. The van der Waals surface area contributed by atoms with Crippen LogP contribution >= 0.6 is 11.3 Å². The molecule has 1 aromatic carbocycles. The van der Waals surface area contributed by atoms with Crippen LogP contribution in [0.25, 0.3) is 0 Å². The van der Waals surface area contributed by atoms with Crippen LogP contribution in [0.4, 0.5) is 0 Å². The number of thiophene rings is 1. The fraction of sp³-hybridized carbons (Fsp3) is 0.316. The number of rotatable bonds is 5. The van der Waals surface area contributed by atoms with E-state index in [2.05, 4.69) is 68.5 Å². The maximum Gasteiger partial charge on any atom is 0.0662 e. The fourth-order valence-corrected chi connectivity index (χ4v) is 4.03. The molecule has 4 heteroatoms. The summed E-state index contributed by atoms with van der Waals surface area (Å²) in [5.74, 6) is 0. The zero-order valence-corrected chi connectivity index (χ0v) is 13.9. The largest absolute Gasteiger partial charge is 0.306 e. The number of aromatic nitrogens is 2. The Bertz CT molecular complexity index is 746. The second-order valence-electron chi connectivity index (χ2n) is 6.15. The van der Waals surface area contributed by atoms with E-state index in [1.165, 1.54) is 35.2 Å². The lowest BCUT2D eigenvalue weighted by molar-refractivity contribution is 0.449. The molecule has 0 bridgehead atoms. The van der Waals surface area contributed by atoms with Crippen LogP contribution in [0.15, 0.2) is 53.4 Å². The standard InChI is InChI=1S/C19H21N3S/c1-2-5-15(6-3-1)13-22-19-8-4-7-18(17(19)12-21-22)20-11-16-9-10-23-14-16/h1-3,5-6,9-10,12,14,18,20H,4,7-8,11,13H2. The fourth-order valence-electron chi connectivity index (χ4n) is 3.36. The van der Waals surface area contributed by atoms with Gasteiger partial charge in [-0.15, -0.1) is 0 Å². The summed E-state index contributed by atoms with van der Waals surface area (Å²) in [4.78, 5) is 0. The van der Waals surface area contributed by atoms with E-state index in [9.17, 15) is 0 Å². The lowest BCUT2D eigenvalue weighted by Crippen LogP contribution is -2.25. The molecule has 0 radical (unpaired) electrons. The van der Waals surface area contributed by atoms with E-state index in [4.69, 9.17) is 0 Å². The quantitative estimate of drug-likeness (QED) is 0.764. The number of benzene rings is 1. The topological polar surface area (TPSA) is 29.9 Å². The Morgan fingerprint density at radius 1 is 1.17 bits per heavy atom. The molecule has 3 nitrogen and oxygen atoms in total. The Kier molecular flexibility index (Phi) is 4.26. The molecule has 0 saturated carbocycles. The summed E-state index contributed by atoms with van der Waals surface area (Å²) in [6.45, 7) is 1.81. The van der Waals surface area contributed by atoms with Gasteiger partial charge < -0.3 is 5.32 Å². The summed E-state index contributed by atoms with van der Waals surface area (Å²) in [6.07, 6.45) is 5.64. The van der Waals surface area contributed by atoms with Gasteiger partial charge in [0.2, 0.25) is 0 Å². The zero-order chi connectivity index (χ0) is 15.5. The van der Waals surface area contributed by atoms with Gasteiger partial charge in [-0.25, -0.2) is 0 Å². The van der Waals surface area contributed by atoms with Crippen molar-refractivity contribution in [3.05, 3.63) is 75.7 Å². The predicted molar refractivity (Wildman–Crippen MR) is 94.6 cm³/mol. The Balaban J connectivity index is 1.50. The lowest BCUT2D eigenvalue weighted by Gasteiger charge is -2.24. The molecule has 2 heterocycles. The molecule has 4 rings (SSSR count). The van der Waals surface area contributed by atoms with Gasteiger partial charge in [0, 0.05) is 23.8 Å². The zero-order valence-electron chi connectivity index (χ0n) is 13.1. The van der Waals surface area contributed by atoms with Gasteiger partial charge in [-0.1, -0.05) is 30.3 Å². The molecule has 0 aliphatic heterocycles. The van der Waals surface area contributed by atoms with Crippen molar-refractivity contribution in [1.29, 1.82) is 0 Å². The summed E-state index contributed by atoms with van der Waals surface area (Å²) in [6, 6.07) is 13.2. The highest BCUT2D eigenvalue weighted by atomic mass is 32.1. The maximum absolute atomic E-state index is 4.67. The van der Waals surface area contributed by atoms with E-state index in [0.717, 1.165) is 19.5 Å². The van der Waals surface area contributed by atoms with E-state index in [1.807, 2.05) is 0 Å². The van der Waals surface area contributed by atoms with Gasteiger partial charge >= 0.3 is 0 Å². The van der Waals surface area contributed by atoms with Gasteiger partial charge in [0.1, 0.15) is 0 Å². The highest BCUT2D eigenvalue weighted by Crippen LogP contribution is 2.30. The van der Waals surface area contributed by atoms with Gasteiger partial charge in [0.15, 0.2) is 0 Å². The minimum atomic E-state index is 0.433. The summed E-state index contributed by atoms with van der Waals surface area (Å²) >= 11 is 1.76. The Morgan fingerprint density at radius 2 is 2.09 bits per heavy atom. The first kappa shape index (κ1) is 14.7. The summed E-state index contributed by atoms with van der Waals surface area (Å²) in [5.41, 5.74) is 5.48. The highest BCUT2D eigenvalue weighted by Gasteiger charge is 2.23. The third-order valence-electron chi connectivity index (χ3n) is 4.57. The van der Waals surface area contributed by atoms with Crippen LogP contribution in [0.1, 0.15) is 41.3 Å². The van der Waals surface area contributed by atoms with Crippen LogP contribution in [0.5, 0.6) is 0 Å². The average Bonchev–Trinajstić information content (AvgIpc) is 3.24. The van der Waals surface area contributed by atoms with Crippen molar-refractivity contribution in [3.8, 4) is 0 Å². The number of nitrogens with one attached hydrogen (secondary N) is 1. The first-order valence-electron chi connectivity index (χ1n) is 8.23. The van der Waals surface area contributed by atoms with Crippen molar-refractivity contribution < 1.29 is 0 Å². The monoisotopic (exact) mass is 323 g/mol. The summed E-state index contributed by atoms with van der Waals surface area (Å²) in [7, 11) is 0. The van der Waals surface area contributed by atoms with Crippen LogP contribution in [-0.2, 0) is 19.5 Å². The van der Waals surface area contributed by atoms with Crippen molar-refractivity contribution in [1.82, 2.24) is 15.1 Å². The normalized spacial score (nSPS) is 17.1. The molecule has 1 atom stereocenters. The lowest BCUT2D eigenvalue weighted by atomic mass is 9.93. The van der Waals surface area contributed by atoms with E-state index in [1.54, 1.807) is 11.3 Å². The Morgan fingerprint density at radius 3 is 2.91 bits per heavy atom. The molecule has 0 fully saturated rings. The van der Waals surface area contributed by atoms with Gasteiger partial charge in [-0.2, -0.15) is 16.4 Å². The molecule has 2 aromatic heterocycles. The molecule has 0 saturated heterocycles. The minimum absolute atomic E-state index is 0.433. The number of nitrogens with zero attached hydrogens (tertiary/aromatic N) is 2. The van der Waals surface area contributed by atoms with E-state index in [-0.39, 0.29) is 0 Å². The van der Waals surface area contributed by atoms with E-state index < -0.39 is 0 Å². The van der Waals surface area contributed by atoms with E-state index in [0.29, 0.717) is 6.04 Å². The predicted octanol–water partition coefficient (Wildman–Crippen LogP) is 4.16. The van der Waals surface area contributed by atoms with E-state index >= 15 is 0 Å². The van der Waals surface area contributed by atoms with Gasteiger partial charge in [0.25, 0.3) is 0 Å². The minimum Gasteiger partial charge on any atom is -0.306 e. The number of hydrogen-bond acceptors (Lipinski definition) is 3. The van der Waals surface area contributed by atoms with Crippen molar-refractivity contribution >= 4 is 11.3 Å². The third-order valence-corrected chi connectivity index (χ3v) is 5.30. The molecule has 1 aliphatic carbocycles. The average molecular weight is 323 g/mol. The number of hydrogen-bond donors (Lipinski definition) is 1. The summed E-state index contributed by atoms with van der Waals surface area (Å²) in [5, 5.41) is 12.7. The highest BCUT2D eigenvalue weighted by molar-refractivity contribution is 7.07. The molecule has 118 valence electrons. The smallest absolute Gasteiger partial charge is 0.0662 e. The maximum atomic E-state index is 4.67. The molecule has 3 aromatic rings. The van der Waals surface area contributed by atoms with Crippen molar-refractivity contribution in [2.75, 3.05) is 0 Å². The molecule has 0 amide bonds. The number of fused-ring (bicyclic) bond motifs is 1. The molecule has 1 aliphatic rings. The second-order valence-corrected chi connectivity index (χ2v) is 6.93. The van der Waals surface area contributed by atoms with Crippen LogP contribution in [0.2, 0.25) is 0 Å². The Labute approximate surface area is 141 Å². The third kappa shape index (κ3) is 3.23. The van der Waals surface area contributed by atoms with Crippen molar-refractivity contribution in [2.24, 2.45) is 0 Å². The molecule has 1 N–H and O–H groups in total. The van der Waals surface area contributed by atoms with Crippen LogP contribution in [0.3, 0.4) is 0 Å². The second kappa shape index (κ2) is 6.69. The first-order valence-corrected chi connectivity index (χ1v) is 9.17. The molecule has 0 spiro atoms. The van der Waals surface area contributed by atoms with Crippen molar-refractivity contribution in [3.63, 3.8) is 0 Å². The molecular weight excluding hydrogens is 302 g/mol. The first-order chi connectivity index (χ1) is 11.4. The molecule has 1 unspecified atom stereocenters. The Hall–Kier alpha value is -1.91. The van der Waals surface area contributed by atoms with Gasteiger partial charge in [-0.3, -0.25) is 4.68 Å². The van der Waals surface area contributed by atoms with Crippen LogP contribution < -0.4 is 5.32 Å². The van der Waals surface area contributed by atoms with Crippen molar-refractivity contribution in [2.45, 2.75) is 38.4 Å². The SMILES string of the molecule is c1ccc(Cn2ncc3c2CCCC3NCc2ccsc2)cc1. The van der Waals surface area contributed by atoms with Crippen LogP contribution in [0, 0.1) is 0 Å². The van der Waals surface area contributed by atoms with Gasteiger partial charge in [0.05, 0.1) is 12.7 Å². The molecule has 23 heavy (non-hydrogen) atoms. The summed E-state index contributed by atoms with van der Waals surface area (Å²) < 4.78 is 2.18. The van der Waals surface area contributed by atoms with Gasteiger partial charge in [-0.05, 0) is 47.2 Å².